The van der Waals surface area contributed by atoms with Crippen molar-refractivity contribution in [3.63, 3.8) is 0 Å². The molecule has 0 radical (unpaired) electrons. The number of benzene rings is 2. The normalized spacial score (nSPS) is 10.9. The first-order valence-corrected chi connectivity index (χ1v) is 10.0. The van der Waals surface area contributed by atoms with Gasteiger partial charge in [0.15, 0.2) is 6.61 Å². The highest BCUT2D eigenvalue weighted by molar-refractivity contribution is 7.13. The van der Waals surface area contributed by atoms with Gasteiger partial charge in [-0.15, -0.1) is 11.3 Å². The van der Waals surface area contributed by atoms with Gasteiger partial charge in [0, 0.05) is 12.2 Å². The summed E-state index contributed by atoms with van der Waals surface area (Å²) in [7, 11) is 0. The molecule has 0 unspecified atom stereocenters. The Balaban J connectivity index is 1.26. The van der Waals surface area contributed by atoms with Crippen molar-refractivity contribution < 1.29 is 9.53 Å². The second-order valence-electron chi connectivity index (χ2n) is 6.52. The van der Waals surface area contributed by atoms with E-state index in [4.69, 9.17) is 4.74 Å². The van der Waals surface area contributed by atoms with Gasteiger partial charge in [-0.1, -0.05) is 36.4 Å². The Bertz CT molecular complexity index is 1090. The summed E-state index contributed by atoms with van der Waals surface area (Å²) in [6.07, 6.45) is 0. The smallest absolute Gasteiger partial charge is 0.258 e. The van der Waals surface area contributed by atoms with Crippen molar-refractivity contribution in [1.29, 1.82) is 0 Å². The maximum atomic E-state index is 12.1. The van der Waals surface area contributed by atoms with Crippen molar-refractivity contribution >= 4 is 28.0 Å². The minimum Gasteiger partial charge on any atom is -0.484 e. The highest BCUT2D eigenvalue weighted by atomic mass is 32.1. The van der Waals surface area contributed by atoms with Crippen molar-refractivity contribution in [3.05, 3.63) is 71.7 Å². The van der Waals surface area contributed by atoms with Gasteiger partial charge in [-0.3, -0.25) is 9.48 Å². The largest absolute Gasteiger partial charge is 0.484 e. The Morgan fingerprint density at radius 2 is 1.96 bits per heavy atom. The van der Waals surface area contributed by atoms with Gasteiger partial charge in [-0.05, 0) is 47.3 Å². The van der Waals surface area contributed by atoms with E-state index in [0.29, 0.717) is 18.8 Å². The number of aryl methyl sites for hydroxylation is 1. The van der Waals surface area contributed by atoms with Crippen LogP contribution in [0.1, 0.15) is 5.69 Å². The summed E-state index contributed by atoms with van der Waals surface area (Å²) in [5.41, 5.74) is 2.04. The van der Waals surface area contributed by atoms with E-state index in [2.05, 4.69) is 22.5 Å². The van der Waals surface area contributed by atoms with E-state index < -0.39 is 0 Å². The van der Waals surface area contributed by atoms with Gasteiger partial charge in [-0.25, -0.2) is 0 Å². The number of nitrogens with zero attached hydrogens (tertiary/aromatic N) is 2. The third-order valence-electron chi connectivity index (χ3n) is 4.49. The molecule has 0 saturated heterocycles. The molecule has 4 aromatic rings. The average molecular weight is 391 g/mol. The van der Waals surface area contributed by atoms with Crippen LogP contribution in [-0.2, 0) is 11.3 Å². The lowest BCUT2D eigenvalue weighted by Gasteiger charge is -2.09. The number of carbonyl (C=O) groups excluding carboxylic acids is 1. The van der Waals surface area contributed by atoms with Crippen LogP contribution in [0.15, 0.2) is 66.0 Å². The summed E-state index contributed by atoms with van der Waals surface area (Å²) in [6, 6.07) is 20.0. The fraction of sp³-hybridized carbons (Fsp3) is 0.182. The van der Waals surface area contributed by atoms with Crippen molar-refractivity contribution in [2.24, 2.45) is 0 Å². The van der Waals surface area contributed by atoms with Crippen LogP contribution in [0, 0.1) is 6.92 Å². The van der Waals surface area contributed by atoms with Gasteiger partial charge in [0.25, 0.3) is 5.91 Å². The monoisotopic (exact) mass is 391 g/mol. The number of fused-ring (bicyclic) bond motifs is 1. The summed E-state index contributed by atoms with van der Waals surface area (Å²) in [6.45, 7) is 3.15. The van der Waals surface area contributed by atoms with Crippen molar-refractivity contribution in [1.82, 2.24) is 15.1 Å². The Hall–Kier alpha value is -3.12. The highest BCUT2D eigenvalue weighted by Gasteiger charge is 2.08. The molecule has 2 aromatic heterocycles. The quantitative estimate of drug-likeness (QED) is 0.512. The summed E-state index contributed by atoms with van der Waals surface area (Å²) >= 11 is 1.67. The molecule has 0 spiro atoms. The summed E-state index contributed by atoms with van der Waals surface area (Å²) in [5, 5.41) is 11.8. The molecule has 0 bridgehead atoms. The standard InChI is InChI=1S/C22H21N3O2S/c1-16-13-20(21-7-4-12-28-21)24-25(16)11-10-23-22(26)15-27-19-9-8-17-5-2-3-6-18(17)14-19/h2-9,12-14H,10-11,15H2,1H3,(H,23,26). The van der Waals surface area contributed by atoms with Gasteiger partial charge in [0.2, 0.25) is 0 Å². The lowest BCUT2D eigenvalue weighted by atomic mass is 10.1. The van der Waals surface area contributed by atoms with E-state index in [1.54, 1.807) is 11.3 Å². The number of aromatic nitrogens is 2. The minimum absolute atomic E-state index is 0.00310. The van der Waals surface area contributed by atoms with Gasteiger partial charge < -0.3 is 10.1 Å². The first kappa shape index (κ1) is 18.3. The second-order valence-corrected chi connectivity index (χ2v) is 7.47. The van der Waals surface area contributed by atoms with Crippen LogP contribution < -0.4 is 10.1 Å². The van der Waals surface area contributed by atoms with Gasteiger partial charge >= 0.3 is 0 Å². The molecular formula is C22H21N3O2S. The molecule has 6 heteroatoms. The highest BCUT2D eigenvalue weighted by Crippen LogP contribution is 2.24. The molecule has 142 valence electrons. The molecular weight excluding hydrogens is 370 g/mol. The first-order chi connectivity index (χ1) is 13.7. The fourth-order valence-corrected chi connectivity index (χ4v) is 3.72. The number of rotatable bonds is 7. The minimum atomic E-state index is -0.142. The predicted molar refractivity (Wildman–Crippen MR) is 113 cm³/mol. The van der Waals surface area contributed by atoms with Crippen molar-refractivity contribution in [3.8, 4) is 16.3 Å². The molecule has 1 N–H and O–H groups in total. The van der Waals surface area contributed by atoms with Crippen LogP contribution in [0.2, 0.25) is 0 Å². The molecule has 28 heavy (non-hydrogen) atoms. The Kier molecular flexibility index (Phi) is 5.39. The summed E-state index contributed by atoms with van der Waals surface area (Å²) < 4.78 is 7.54. The first-order valence-electron chi connectivity index (χ1n) is 9.16. The third kappa shape index (κ3) is 4.23. The molecule has 2 heterocycles. The number of thiophene rings is 1. The van der Waals surface area contributed by atoms with Crippen LogP contribution in [0.3, 0.4) is 0 Å². The van der Waals surface area contributed by atoms with E-state index in [-0.39, 0.29) is 12.5 Å². The molecule has 4 rings (SSSR count). The van der Waals surface area contributed by atoms with Crippen LogP contribution in [0.4, 0.5) is 0 Å². The number of ether oxygens (including phenoxy) is 1. The molecule has 0 atom stereocenters. The van der Waals surface area contributed by atoms with Gasteiger partial charge in [0.05, 0.1) is 11.4 Å². The van der Waals surface area contributed by atoms with E-state index in [9.17, 15) is 4.79 Å². The van der Waals surface area contributed by atoms with Gasteiger partial charge in [0.1, 0.15) is 11.4 Å². The van der Waals surface area contributed by atoms with Crippen LogP contribution in [0.25, 0.3) is 21.3 Å². The third-order valence-corrected chi connectivity index (χ3v) is 5.38. The number of amides is 1. The SMILES string of the molecule is Cc1cc(-c2cccs2)nn1CCNC(=O)COc1ccc2ccccc2c1. The zero-order valence-electron chi connectivity index (χ0n) is 15.6. The zero-order chi connectivity index (χ0) is 19.3. The fourth-order valence-electron chi connectivity index (χ4n) is 3.04. The lowest BCUT2D eigenvalue weighted by molar-refractivity contribution is -0.123. The number of carbonyl (C=O) groups is 1. The maximum Gasteiger partial charge on any atom is 0.258 e. The Morgan fingerprint density at radius 3 is 2.79 bits per heavy atom. The molecule has 0 fully saturated rings. The van der Waals surface area contributed by atoms with Crippen molar-refractivity contribution in [2.75, 3.05) is 13.2 Å². The van der Waals surface area contributed by atoms with Crippen molar-refractivity contribution in [2.45, 2.75) is 13.5 Å². The maximum absolute atomic E-state index is 12.1. The zero-order valence-corrected chi connectivity index (χ0v) is 16.4. The van der Waals surface area contributed by atoms with E-state index in [1.807, 2.05) is 65.5 Å². The van der Waals surface area contributed by atoms with Crippen LogP contribution in [0.5, 0.6) is 5.75 Å². The molecule has 0 aliphatic heterocycles. The Labute approximate surface area is 167 Å². The predicted octanol–water partition coefficient (Wildman–Crippen LogP) is 4.27. The molecule has 5 nitrogen and oxygen atoms in total. The lowest BCUT2D eigenvalue weighted by Crippen LogP contribution is -2.31. The van der Waals surface area contributed by atoms with E-state index in [1.165, 1.54) is 0 Å². The number of hydrogen-bond acceptors (Lipinski definition) is 4. The summed E-state index contributed by atoms with van der Waals surface area (Å²) in [5.74, 6) is 0.550. The summed E-state index contributed by atoms with van der Waals surface area (Å²) in [4.78, 5) is 13.2. The molecule has 0 aliphatic carbocycles. The van der Waals surface area contributed by atoms with Crippen LogP contribution in [-0.4, -0.2) is 28.8 Å². The second kappa shape index (κ2) is 8.27. The molecule has 0 aliphatic rings. The molecule has 2 aromatic carbocycles. The van der Waals surface area contributed by atoms with Gasteiger partial charge in [-0.2, -0.15) is 5.10 Å². The average Bonchev–Trinajstić information content (AvgIpc) is 3.36. The molecule has 0 saturated carbocycles. The molecule has 1 amide bonds. The topological polar surface area (TPSA) is 56.2 Å². The number of nitrogens with one attached hydrogen (secondary N) is 1. The number of hydrogen-bond donors (Lipinski definition) is 1. The van der Waals surface area contributed by atoms with E-state index >= 15 is 0 Å². The Morgan fingerprint density at radius 1 is 1.11 bits per heavy atom. The van der Waals surface area contributed by atoms with E-state index in [0.717, 1.165) is 27.0 Å². The van der Waals surface area contributed by atoms with Crippen LogP contribution >= 0.6 is 11.3 Å².